The standard InChI is InChI=1S/C15H20ClN3OS/c1-10(14-5-6-15(16)21-14)18-12-3-2-4-13-11(12)9-17-19(13)7-8-20/h5-6,9-10,12,18,20H,2-4,7-8H2,1H3. The molecule has 0 bridgehead atoms. The minimum absolute atomic E-state index is 0.135. The molecular formula is C15H20ClN3OS. The Hall–Kier alpha value is -0.880. The maximum Gasteiger partial charge on any atom is 0.0931 e. The van der Waals surface area contributed by atoms with Gasteiger partial charge in [0.05, 0.1) is 23.7 Å². The van der Waals surface area contributed by atoms with E-state index in [9.17, 15) is 0 Å². The smallest absolute Gasteiger partial charge is 0.0931 e. The van der Waals surface area contributed by atoms with Gasteiger partial charge in [0.2, 0.25) is 0 Å². The molecule has 0 saturated heterocycles. The molecule has 0 saturated carbocycles. The molecular weight excluding hydrogens is 306 g/mol. The number of hydrogen-bond donors (Lipinski definition) is 2. The monoisotopic (exact) mass is 325 g/mol. The van der Waals surface area contributed by atoms with Crippen LogP contribution in [0.3, 0.4) is 0 Å². The summed E-state index contributed by atoms with van der Waals surface area (Å²) in [5.74, 6) is 0. The van der Waals surface area contributed by atoms with Crippen LogP contribution in [0.15, 0.2) is 18.3 Å². The summed E-state index contributed by atoms with van der Waals surface area (Å²) in [4.78, 5) is 1.26. The van der Waals surface area contributed by atoms with Gasteiger partial charge >= 0.3 is 0 Å². The van der Waals surface area contributed by atoms with Gasteiger partial charge in [-0.2, -0.15) is 5.10 Å². The molecule has 114 valence electrons. The van der Waals surface area contributed by atoms with Crippen LogP contribution in [0.1, 0.15) is 48.0 Å². The summed E-state index contributed by atoms with van der Waals surface area (Å²) >= 11 is 7.65. The number of aliphatic hydroxyl groups excluding tert-OH is 1. The van der Waals surface area contributed by atoms with Gasteiger partial charge in [-0.15, -0.1) is 11.3 Å². The molecule has 0 aromatic carbocycles. The van der Waals surface area contributed by atoms with Gasteiger partial charge in [0.1, 0.15) is 0 Å². The maximum atomic E-state index is 9.11. The van der Waals surface area contributed by atoms with Crippen molar-refractivity contribution in [3.05, 3.63) is 38.8 Å². The second-order valence-corrected chi connectivity index (χ2v) is 7.22. The van der Waals surface area contributed by atoms with E-state index in [1.807, 2.05) is 16.9 Å². The highest BCUT2D eigenvalue weighted by molar-refractivity contribution is 7.16. The van der Waals surface area contributed by atoms with Gasteiger partial charge in [-0.05, 0) is 38.3 Å². The van der Waals surface area contributed by atoms with Gasteiger partial charge in [-0.3, -0.25) is 4.68 Å². The Morgan fingerprint density at radius 3 is 3.14 bits per heavy atom. The van der Waals surface area contributed by atoms with Crippen molar-refractivity contribution in [2.75, 3.05) is 6.61 Å². The molecule has 2 unspecified atom stereocenters. The molecule has 2 atom stereocenters. The van der Waals surface area contributed by atoms with Crippen molar-refractivity contribution in [2.24, 2.45) is 0 Å². The summed E-state index contributed by atoms with van der Waals surface area (Å²) in [5.41, 5.74) is 2.55. The van der Waals surface area contributed by atoms with Crippen LogP contribution in [0.4, 0.5) is 0 Å². The first kappa shape index (κ1) is 15.0. The molecule has 4 nitrogen and oxygen atoms in total. The van der Waals surface area contributed by atoms with Crippen molar-refractivity contribution in [1.82, 2.24) is 15.1 Å². The molecule has 0 aliphatic heterocycles. The summed E-state index contributed by atoms with van der Waals surface area (Å²) in [7, 11) is 0. The second kappa shape index (κ2) is 6.48. The van der Waals surface area contributed by atoms with E-state index in [1.165, 1.54) is 16.1 Å². The van der Waals surface area contributed by atoms with Crippen LogP contribution in [0.2, 0.25) is 4.34 Å². The summed E-state index contributed by atoms with van der Waals surface area (Å²) in [6.45, 7) is 2.89. The molecule has 2 N–H and O–H groups in total. The van der Waals surface area contributed by atoms with Crippen LogP contribution in [0.5, 0.6) is 0 Å². The molecule has 2 aromatic rings. The summed E-state index contributed by atoms with van der Waals surface area (Å²) in [5, 5.41) is 17.2. The van der Waals surface area contributed by atoms with E-state index in [-0.39, 0.29) is 12.6 Å². The van der Waals surface area contributed by atoms with Crippen LogP contribution >= 0.6 is 22.9 Å². The Morgan fingerprint density at radius 2 is 2.43 bits per heavy atom. The lowest BCUT2D eigenvalue weighted by molar-refractivity contribution is 0.266. The van der Waals surface area contributed by atoms with Gasteiger partial charge in [0, 0.05) is 28.2 Å². The van der Waals surface area contributed by atoms with Crippen LogP contribution in [0.25, 0.3) is 0 Å². The zero-order chi connectivity index (χ0) is 14.8. The summed E-state index contributed by atoms with van der Waals surface area (Å²) in [6, 6.07) is 4.64. The van der Waals surface area contributed by atoms with Crippen LogP contribution in [0, 0.1) is 0 Å². The number of aliphatic hydroxyl groups is 1. The topological polar surface area (TPSA) is 50.1 Å². The van der Waals surface area contributed by atoms with E-state index in [1.54, 1.807) is 11.3 Å². The minimum Gasteiger partial charge on any atom is -0.394 e. The molecule has 21 heavy (non-hydrogen) atoms. The van der Waals surface area contributed by atoms with Crippen molar-refractivity contribution in [2.45, 2.75) is 44.8 Å². The quantitative estimate of drug-likeness (QED) is 0.886. The Balaban J connectivity index is 1.76. The SMILES string of the molecule is CC(NC1CCCc2c1cnn2CCO)c1ccc(Cl)s1. The number of fused-ring (bicyclic) bond motifs is 1. The number of aromatic nitrogens is 2. The Bertz CT molecular complexity index is 610. The van der Waals surface area contributed by atoms with Gasteiger partial charge in [-0.1, -0.05) is 11.6 Å². The minimum atomic E-state index is 0.135. The van der Waals surface area contributed by atoms with Gasteiger partial charge in [0.15, 0.2) is 0 Å². The fourth-order valence-corrected chi connectivity index (χ4v) is 4.10. The van der Waals surface area contributed by atoms with E-state index >= 15 is 0 Å². The highest BCUT2D eigenvalue weighted by Crippen LogP contribution is 2.33. The third kappa shape index (κ3) is 3.16. The Labute approximate surface area is 133 Å². The largest absolute Gasteiger partial charge is 0.394 e. The average Bonchev–Trinajstić information content (AvgIpc) is 3.07. The van der Waals surface area contributed by atoms with E-state index in [4.69, 9.17) is 16.7 Å². The molecule has 0 spiro atoms. The van der Waals surface area contributed by atoms with Gasteiger partial charge in [0.25, 0.3) is 0 Å². The molecule has 3 rings (SSSR count). The average molecular weight is 326 g/mol. The van der Waals surface area contributed by atoms with E-state index < -0.39 is 0 Å². The third-order valence-corrected chi connectivity index (χ3v) is 5.46. The molecule has 0 radical (unpaired) electrons. The zero-order valence-corrected chi connectivity index (χ0v) is 13.6. The fourth-order valence-electron chi connectivity index (χ4n) is 3.02. The van der Waals surface area contributed by atoms with Crippen molar-refractivity contribution in [3.63, 3.8) is 0 Å². The second-order valence-electron chi connectivity index (χ2n) is 5.47. The molecule has 1 aliphatic rings. The lowest BCUT2D eigenvalue weighted by Crippen LogP contribution is -2.27. The zero-order valence-electron chi connectivity index (χ0n) is 12.1. The third-order valence-electron chi connectivity index (χ3n) is 4.05. The number of rotatable bonds is 5. The predicted octanol–water partition coefficient (Wildman–Crippen LogP) is 3.32. The normalized spacial score (nSPS) is 19.5. The molecule has 1 aliphatic carbocycles. The first-order valence-corrected chi connectivity index (χ1v) is 8.55. The Morgan fingerprint density at radius 1 is 1.57 bits per heavy atom. The maximum absolute atomic E-state index is 9.11. The molecule has 0 amide bonds. The summed E-state index contributed by atoms with van der Waals surface area (Å²) < 4.78 is 2.77. The van der Waals surface area contributed by atoms with Crippen molar-refractivity contribution in [3.8, 4) is 0 Å². The number of halogens is 1. The fraction of sp³-hybridized carbons (Fsp3) is 0.533. The lowest BCUT2D eigenvalue weighted by atomic mass is 9.92. The molecule has 6 heteroatoms. The Kier molecular flexibility index (Phi) is 4.64. The van der Waals surface area contributed by atoms with Gasteiger partial charge in [-0.25, -0.2) is 0 Å². The van der Waals surface area contributed by atoms with Crippen LogP contribution in [-0.2, 0) is 13.0 Å². The van der Waals surface area contributed by atoms with Crippen molar-refractivity contribution >= 4 is 22.9 Å². The van der Waals surface area contributed by atoms with Crippen LogP contribution in [-0.4, -0.2) is 21.5 Å². The number of hydrogen-bond acceptors (Lipinski definition) is 4. The van der Waals surface area contributed by atoms with Crippen molar-refractivity contribution < 1.29 is 5.11 Å². The van der Waals surface area contributed by atoms with Gasteiger partial charge < -0.3 is 10.4 Å². The first-order chi connectivity index (χ1) is 10.2. The number of thiophene rings is 1. The first-order valence-electron chi connectivity index (χ1n) is 7.35. The van der Waals surface area contributed by atoms with E-state index in [2.05, 4.69) is 23.4 Å². The lowest BCUT2D eigenvalue weighted by Gasteiger charge is -2.27. The van der Waals surface area contributed by atoms with E-state index in [0.717, 1.165) is 23.6 Å². The van der Waals surface area contributed by atoms with E-state index in [0.29, 0.717) is 12.6 Å². The highest BCUT2D eigenvalue weighted by atomic mass is 35.5. The van der Waals surface area contributed by atoms with Crippen molar-refractivity contribution in [1.29, 1.82) is 0 Å². The molecule has 2 heterocycles. The summed E-state index contributed by atoms with van der Waals surface area (Å²) in [6.07, 6.45) is 5.28. The molecule has 2 aromatic heterocycles. The van der Waals surface area contributed by atoms with Crippen LogP contribution < -0.4 is 5.32 Å². The predicted molar refractivity (Wildman–Crippen MR) is 85.9 cm³/mol. The number of nitrogens with zero attached hydrogens (tertiary/aromatic N) is 2. The molecule has 0 fully saturated rings. The number of nitrogens with one attached hydrogen (secondary N) is 1. The highest BCUT2D eigenvalue weighted by Gasteiger charge is 2.25.